The molecule has 1 atom stereocenters. The maximum absolute atomic E-state index is 12.3. The smallest absolute Gasteiger partial charge is 0.387 e. The van der Waals surface area contributed by atoms with E-state index in [-0.39, 0.29) is 24.1 Å². The van der Waals surface area contributed by atoms with Crippen molar-refractivity contribution >= 4 is 0 Å². The highest BCUT2D eigenvalue weighted by molar-refractivity contribution is 5.44. The minimum absolute atomic E-state index is 0.0239. The molecule has 0 amide bonds. The molecule has 0 aromatic heterocycles. The highest BCUT2D eigenvalue weighted by atomic mass is 19.3. The van der Waals surface area contributed by atoms with E-state index in [0.717, 1.165) is 5.56 Å². The molecule has 5 nitrogen and oxygen atoms in total. The Labute approximate surface area is 122 Å². The van der Waals surface area contributed by atoms with Crippen LogP contribution in [0, 0.1) is 0 Å². The van der Waals surface area contributed by atoms with Crippen molar-refractivity contribution in [1.29, 1.82) is 0 Å². The van der Waals surface area contributed by atoms with Gasteiger partial charge < -0.3 is 24.6 Å². The lowest BCUT2D eigenvalue weighted by Gasteiger charge is -2.19. The van der Waals surface area contributed by atoms with Gasteiger partial charge in [-0.3, -0.25) is 0 Å². The number of methoxy groups -OCH3 is 1. The Bertz CT molecular complexity index is 418. The van der Waals surface area contributed by atoms with E-state index < -0.39 is 6.61 Å². The summed E-state index contributed by atoms with van der Waals surface area (Å²) in [6.45, 7) is 0.0825. The van der Waals surface area contributed by atoms with Crippen LogP contribution in [0.2, 0.25) is 0 Å². The summed E-state index contributed by atoms with van der Waals surface area (Å²) in [5.74, 6) is 0.200. The molecule has 1 aromatic carbocycles. The Morgan fingerprint density at radius 3 is 2.62 bits per heavy atom. The third-order valence-corrected chi connectivity index (χ3v) is 2.77. The van der Waals surface area contributed by atoms with E-state index in [1.54, 1.807) is 26.2 Å². The molecule has 2 N–H and O–H groups in total. The summed E-state index contributed by atoms with van der Waals surface area (Å²) >= 11 is 0. The highest BCUT2D eigenvalue weighted by Gasteiger charge is 2.15. The predicted octanol–water partition coefficient (Wildman–Crippen LogP) is 1.96. The fourth-order valence-corrected chi connectivity index (χ4v) is 1.83. The first kappa shape index (κ1) is 17.6. The van der Waals surface area contributed by atoms with E-state index in [1.165, 1.54) is 6.07 Å². The number of ether oxygens (including phenoxy) is 3. The number of benzene rings is 1. The second-order valence-electron chi connectivity index (χ2n) is 4.20. The van der Waals surface area contributed by atoms with Crippen LogP contribution >= 0.6 is 0 Å². The average Bonchev–Trinajstić information content (AvgIpc) is 2.45. The lowest BCUT2D eigenvalue weighted by atomic mass is 10.1. The Kier molecular flexibility index (Phi) is 7.96. The summed E-state index contributed by atoms with van der Waals surface area (Å²) < 4.78 is 39.3. The Morgan fingerprint density at radius 2 is 2.05 bits per heavy atom. The second kappa shape index (κ2) is 9.49. The van der Waals surface area contributed by atoms with Crippen LogP contribution in [0.25, 0.3) is 0 Å². The molecular formula is C14H21F2NO4. The van der Waals surface area contributed by atoms with Crippen LogP contribution in [0.15, 0.2) is 18.2 Å². The van der Waals surface area contributed by atoms with E-state index in [1.807, 2.05) is 0 Å². The summed E-state index contributed by atoms with van der Waals surface area (Å²) in [6, 6.07) is 4.27. The number of halogens is 2. The zero-order valence-electron chi connectivity index (χ0n) is 12.1. The van der Waals surface area contributed by atoms with Gasteiger partial charge >= 0.3 is 6.61 Å². The third-order valence-electron chi connectivity index (χ3n) is 2.77. The summed E-state index contributed by atoms with van der Waals surface area (Å²) in [5, 5.41) is 12.5. The van der Waals surface area contributed by atoms with Crippen molar-refractivity contribution in [3.8, 4) is 11.5 Å². The summed E-state index contributed by atoms with van der Waals surface area (Å²) in [6.07, 6.45) is 0. The van der Waals surface area contributed by atoms with Gasteiger partial charge in [-0.1, -0.05) is 6.07 Å². The van der Waals surface area contributed by atoms with Crippen molar-refractivity contribution in [2.45, 2.75) is 19.6 Å². The van der Waals surface area contributed by atoms with E-state index in [2.05, 4.69) is 10.1 Å². The molecule has 0 saturated carbocycles. The van der Waals surface area contributed by atoms with Crippen LogP contribution in [0.5, 0.6) is 11.5 Å². The van der Waals surface area contributed by atoms with Gasteiger partial charge in [0, 0.05) is 13.7 Å². The second-order valence-corrected chi connectivity index (χ2v) is 4.20. The van der Waals surface area contributed by atoms with Gasteiger partial charge in [0.05, 0.1) is 25.9 Å². The maximum Gasteiger partial charge on any atom is 0.387 e. The van der Waals surface area contributed by atoms with E-state index in [9.17, 15) is 13.9 Å². The quantitative estimate of drug-likeness (QED) is 0.647. The van der Waals surface area contributed by atoms with Gasteiger partial charge in [0.1, 0.15) is 0 Å². The van der Waals surface area contributed by atoms with Gasteiger partial charge in [-0.25, -0.2) is 0 Å². The minimum atomic E-state index is -2.91. The zero-order valence-corrected chi connectivity index (χ0v) is 12.1. The highest BCUT2D eigenvalue weighted by Crippen LogP contribution is 2.31. The zero-order chi connectivity index (χ0) is 15.7. The summed E-state index contributed by atoms with van der Waals surface area (Å²) in [4.78, 5) is 0. The molecule has 0 aliphatic rings. The third kappa shape index (κ3) is 5.82. The molecule has 1 unspecified atom stereocenters. The monoisotopic (exact) mass is 305 g/mol. The summed E-state index contributed by atoms with van der Waals surface area (Å²) in [5.41, 5.74) is 0.721. The largest absolute Gasteiger partial charge is 0.490 e. The number of aliphatic hydroxyl groups is 1. The lowest BCUT2D eigenvalue weighted by Crippen LogP contribution is -2.27. The number of alkyl halides is 2. The predicted molar refractivity (Wildman–Crippen MR) is 73.9 cm³/mol. The SMILES string of the molecule is CCOc1cc(C(CO)NCCOC)ccc1OC(F)F. The van der Waals surface area contributed by atoms with Crippen LogP contribution in [0.3, 0.4) is 0 Å². The van der Waals surface area contributed by atoms with Crippen molar-refractivity contribution in [3.05, 3.63) is 23.8 Å². The summed E-state index contributed by atoms with van der Waals surface area (Å²) in [7, 11) is 1.58. The van der Waals surface area contributed by atoms with Crippen molar-refractivity contribution < 1.29 is 28.1 Å². The molecule has 0 aliphatic heterocycles. The molecule has 21 heavy (non-hydrogen) atoms. The van der Waals surface area contributed by atoms with E-state index in [0.29, 0.717) is 19.8 Å². The van der Waals surface area contributed by atoms with Crippen molar-refractivity contribution in [1.82, 2.24) is 5.32 Å². The first-order valence-corrected chi connectivity index (χ1v) is 6.67. The van der Waals surface area contributed by atoms with E-state index >= 15 is 0 Å². The molecular weight excluding hydrogens is 284 g/mol. The van der Waals surface area contributed by atoms with Crippen LogP contribution in [-0.2, 0) is 4.74 Å². The molecule has 0 saturated heterocycles. The molecule has 0 radical (unpaired) electrons. The van der Waals surface area contributed by atoms with Gasteiger partial charge in [-0.05, 0) is 24.6 Å². The van der Waals surface area contributed by atoms with Crippen LogP contribution in [-0.4, -0.2) is 45.2 Å². The Morgan fingerprint density at radius 1 is 1.29 bits per heavy atom. The van der Waals surface area contributed by atoms with Gasteiger partial charge in [-0.2, -0.15) is 8.78 Å². The van der Waals surface area contributed by atoms with E-state index in [4.69, 9.17) is 9.47 Å². The number of hydrogen-bond donors (Lipinski definition) is 2. The molecule has 0 spiro atoms. The number of aliphatic hydroxyl groups excluding tert-OH is 1. The van der Waals surface area contributed by atoms with Crippen molar-refractivity contribution in [3.63, 3.8) is 0 Å². The van der Waals surface area contributed by atoms with Crippen LogP contribution in [0.1, 0.15) is 18.5 Å². The molecule has 0 fully saturated rings. The minimum Gasteiger partial charge on any atom is -0.490 e. The lowest BCUT2D eigenvalue weighted by molar-refractivity contribution is -0.0514. The first-order valence-electron chi connectivity index (χ1n) is 6.67. The van der Waals surface area contributed by atoms with Gasteiger partial charge in [0.15, 0.2) is 11.5 Å². The fraction of sp³-hybridized carbons (Fsp3) is 0.571. The molecule has 0 heterocycles. The molecule has 120 valence electrons. The van der Waals surface area contributed by atoms with Crippen molar-refractivity contribution in [2.75, 3.05) is 33.5 Å². The molecule has 1 aromatic rings. The fourth-order valence-electron chi connectivity index (χ4n) is 1.83. The molecule has 0 bridgehead atoms. The topological polar surface area (TPSA) is 60.0 Å². The Balaban J connectivity index is 2.88. The standard InChI is InChI=1S/C14H21F2NO4/c1-3-20-13-8-10(4-5-12(13)21-14(15)16)11(9-18)17-6-7-19-2/h4-5,8,11,14,17-18H,3,6-7,9H2,1-2H3. The van der Waals surface area contributed by atoms with Crippen LogP contribution < -0.4 is 14.8 Å². The van der Waals surface area contributed by atoms with Gasteiger partial charge in [0.2, 0.25) is 0 Å². The molecule has 0 aliphatic carbocycles. The Hall–Kier alpha value is -1.44. The molecule has 7 heteroatoms. The number of hydrogen-bond acceptors (Lipinski definition) is 5. The maximum atomic E-state index is 12.3. The number of rotatable bonds is 10. The van der Waals surface area contributed by atoms with Crippen LogP contribution in [0.4, 0.5) is 8.78 Å². The number of nitrogens with one attached hydrogen (secondary N) is 1. The first-order chi connectivity index (χ1) is 10.1. The van der Waals surface area contributed by atoms with Gasteiger partial charge in [-0.15, -0.1) is 0 Å². The van der Waals surface area contributed by atoms with Gasteiger partial charge in [0.25, 0.3) is 0 Å². The average molecular weight is 305 g/mol. The molecule has 1 rings (SSSR count). The van der Waals surface area contributed by atoms with Crippen molar-refractivity contribution in [2.24, 2.45) is 0 Å². The normalized spacial score (nSPS) is 12.5.